The number of pyridine rings is 1. The molecule has 0 spiro atoms. The second kappa shape index (κ2) is 2.88. The molecule has 4 heteroatoms. The SMILES string of the molecule is [2H]C([2H])([2H])Oc1cnc(Br)cc1N. The number of halogens is 1. The van der Waals surface area contributed by atoms with E-state index in [2.05, 4.69) is 25.7 Å². The molecule has 10 heavy (non-hydrogen) atoms. The van der Waals surface area contributed by atoms with Crippen LogP contribution in [-0.2, 0) is 0 Å². The minimum atomic E-state index is -2.50. The van der Waals surface area contributed by atoms with Gasteiger partial charge in [-0.05, 0) is 22.0 Å². The molecule has 1 heterocycles. The zero-order valence-corrected chi connectivity index (χ0v) is 6.55. The third-order valence-corrected chi connectivity index (χ3v) is 1.41. The van der Waals surface area contributed by atoms with Crippen LogP contribution in [0.5, 0.6) is 5.75 Å². The van der Waals surface area contributed by atoms with Gasteiger partial charge in [-0.3, -0.25) is 0 Å². The van der Waals surface area contributed by atoms with E-state index in [0.717, 1.165) is 0 Å². The van der Waals surface area contributed by atoms with Crippen molar-refractivity contribution in [1.29, 1.82) is 0 Å². The van der Waals surface area contributed by atoms with Crippen molar-refractivity contribution in [1.82, 2.24) is 4.98 Å². The minimum absolute atomic E-state index is 0.0585. The first-order valence-electron chi connectivity index (χ1n) is 3.98. The largest absolute Gasteiger partial charge is 0.493 e. The van der Waals surface area contributed by atoms with E-state index >= 15 is 0 Å². The van der Waals surface area contributed by atoms with Gasteiger partial charge in [0, 0.05) is 0 Å². The second-order valence-electron chi connectivity index (χ2n) is 1.65. The van der Waals surface area contributed by atoms with Crippen LogP contribution in [0.2, 0.25) is 0 Å². The van der Waals surface area contributed by atoms with E-state index in [1.54, 1.807) is 0 Å². The summed E-state index contributed by atoms with van der Waals surface area (Å²) < 4.78 is 25.6. The molecule has 0 unspecified atom stereocenters. The lowest BCUT2D eigenvalue weighted by molar-refractivity contribution is 0.415. The minimum Gasteiger partial charge on any atom is -0.493 e. The highest BCUT2D eigenvalue weighted by Gasteiger charge is 1.97. The van der Waals surface area contributed by atoms with Gasteiger partial charge in [-0.15, -0.1) is 0 Å². The monoisotopic (exact) mass is 205 g/mol. The Morgan fingerprint density at radius 2 is 2.70 bits per heavy atom. The fourth-order valence-corrected chi connectivity index (χ4v) is 0.866. The Bertz CT molecular complexity index is 315. The van der Waals surface area contributed by atoms with Gasteiger partial charge < -0.3 is 10.5 Å². The number of nitrogens with two attached hydrogens (primary N) is 1. The van der Waals surface area contributed by atoms with Gasteiger partial charge in [0.25, 0.3) is 0 Å². The molecule has 0 amide bonds. The summed E-state index contributed by atoms with van der Waals surface area (Å²) in [5.41, 5.74) is 5.72. The summed E-state index contributed by atoms with van der Waals surface area (Å²) in [4.78, 5) is 3.79. The maximum atomic E-state index is 6.84. The number of hydrogen-bond acceptors (Lipinski definition) is 3. The molecule has 0 aliphatic carbocycles. The zero-order chi connectivity index (χ0) is 10.1. The first-order chi connectivity index (χ1) is 5.88. The molecule has 0 atom stereocenters. The molecule has 1 aromatic rings. The molecule has 0 aliphatic rings. The van der Waals surface area contributed by atoms with Crippen LogP contribution in [-0.4, -0.2) is 12.0 Å². The lowest BCUT2D eigenvalue weighted by Crippen LogP contribution is -1.92. The molecule has 0 saturated carbocycles. The molecular formula is C6H7BrN2O. The maximum absolute atomic E-state index is 6.84. The van der Waals surface area contributed by atoms with Gasteiger partial charge in [-0.1, -0.05) is 0 Å². The Morgan fingerprint density at radius 3 is 3.30 bits per heavy atom. The Morgan fingerprint density at radius 1 is 1.90 bits per heavy atom. The highest BCUT2D eigenvalue weighted by atomic mass is 79.9. The third-order valence-electron chi connectivity index (χ3n) is 0.974. The van der Waals surface area contributed by atoms with Gasteiger partial charge in [0.05, 0.1) is 23.0 Å². The molecule has 3 nitrogen and oxygen atoms in total. The first-order valence-corrected chi connectivity index (χ1v) is 3.28. The smallest absolute Gasteiger partial charge is 0.160 e. The average Bonchev–Trinajstić information content (AvgIpc) is 1.93. The van der Waals surface area contributed by atoms with Crippen LogP contribution < -0.4 is 10.5 Å². The number of nitrogen functional groups attached to an aromatic ring is 1. The van der Waals surface area contributed by atoms with Crippen molar-refractivity contribution in [2.75, 3.05) is 12.8 Å². The number of ether oxygens (including phenoxy) is 1. The fourth-order valence-electron chi connectivity index (χ4n) is 0.517. The lowest BCUT2D eigenvalue weighted by atomic mass is 10.4. The van der Waals surface area contributed by atoms with Crippen molar-refractivity contribution in [2.45, 2.75) is 0 Å². The van der Waals surface area contributed by atoms with Crippen LogP contribution in [0.15, 0.2) is 16.9 Å². The van der Waals surface area contributed by atoms with E-state index in [-0.39, 0.29) is 11.4 Å². The van der Waals surface area contributed by atoms with Crippen LogP contribution >= 0.6 is 15.9 Å². The van der Waals surface area contributed by atoms with Crippen molar-refractivity contribution in [2.24, 2.45) is 0 Å². The van der Waals surface area contributed by atoms with Crippen LogP contribution in [0.3, 0.4) is 0 Å². The third kappa shape index (κ3) is 1.39. The topological polar surface area (TPSA) is 48.1 Å². The highest BCUT2D eigenvalue weighted by Crippen LogP contribution is 2.21. The molecule has 0 aromatic carbocycles. The molecule has 0 aliphatic heterocycles. The highest BCUT2D eigenvalue weighted by molar-refractivity contribution is 9.10. The van der Waals surface area contributed by atoms with Gasteiger partial charge >= 0.3 is 0 Å². The van der Waals surface area contributed by atoms with Crippen molar-refractivity contribution in [3.05, 3.63) is 16.9 Å². The summed E-state index contributed by atoms with van der Waals surface area (Å²) in [7, 11) is -2.50. The number of rotatable bonds is 1. The normalized spacial score (nSPS) is 15.1. The summed E-state index contributed by atoms with van der Waals surface area (Å²) in [5.74, 6) is 0.0585. The standard InChI is InChI=1S/C6H7BrN2O/c1-10-5-3-9-6(7)2-4(5)8/h2-3H,1H3,(H2,8,9)/i1D3. The second-order valence-corrected chi connectivity index (χ2v) is 2.46. The number of nitrogens with zero attached hydrogens (tertiary/aromatic N) is 1. The summed E-state index contributed by atoms with van der Waals surface area (Å²) in [6.07, 6.45) is 1.26. The fraction of sp³-hybridized carbons (Fsp3) is 0.167. The molecule has 2 N–H and O–H groups in total. The van der Waals surface area contributed by atoms with Crippen molar-refractivity contribution < 1.29 is 8.85 Å². The molecule has 0 radical (unpaired) electrons. The summed E-state index contributed by atoms with van der Waals surface area (Å²) in [6, 6.07) is 1.47. The first kappa shape index (κ1) is 4.18. The molecule has 0 fully saturated rings. The summed E-state index contributed by atoms with van der Waals surface area (Å²) in [5, 5.41) is 0. The Balaban J connectivity index is 2.90. The predicted octanol–water partition coefficient (Wildman–Crippen LogP) is 1.43. The number of aromatic nitrogens is 1. The van der Waals surface area contributed by atoms with Crippen LogP contribution in [0.1, 0.15) is 4.11 Å². The Kier molecular flexibility index (Phi) is 1.20. The van der Waals surface area contributed by atoms with E-state index in [1.165, 1.54) is 12.3 Å². The summed E-state index contributed by atoms with van der Waals surface area (Å²) in [6.45, 7) is 0. The van der Waals surface area contributed by atoms with Crippen molar-refractivity contribution in [3.63, 3.8) is 0 Å². The zero-order valence-electron chi connectivity index (χ0n) is 7.97. The van der Waals surface area contributed by atoms with Crippen molar-refractivity contribution in [3.8, 4) is 5.75 Å². The number of hydrogen-bond donors (Lipinski definition) is 1. The van der Waals surface area contributed by atoms with Crippen LogP contribution in [0.4, 0.5) is 5.69 Å². The molecule has 1 rings (SSSR count). The molecule has 1 aromatic heterocycles. The summed E-state index contributed by atoms with van der Waals surface area (Å²) >= 11 is 3.09. The number of anilines is 1. The Labute approximate surface area is 71.6 Å². The number of methoxy groups -OCH3 is 1. The van der Waals surface area contributed by atoms with E-state index in [1.807, 2.05) is 0 Å². The van der Waals surface area contributed by atoms with E-state index < -0.39 is 7.04 Å². The van der Waals surface area contributed by atoms with Crippen LogP contribution in [0, 0.1) is 0 Å². The van der Waals surface area contributed by atoms with Gasteiger partial charge in [0.2, 0.25) is 0 Å². The molecular weight excluding hydrogens is 196 g/mol. The van der Waals surface area contributed by atoms with E-state index in [9.17, 15) is 0 Å². The quantitative estimate of drug-likeness (QED) is 0.707. The Hall–Kier alpha value is -0.770. The lowest BCUT2D eigenvalue weighted by Gasteiger charge is -2.01. The van der Waals surface area contributed by atoms with E-state index in [4.69, 9.17) is 9.85 Å². The molecule has 0 saturated heterocycles. The van der Waals surface area contributed by atoms with Gasteiger partial charge in [-0.2, -0.15) is 0 Å². The molecule has 0 bridgehead atoms. The van der Waals surface area contributed by atoms with Crippen molar-refractivity contribution >= 4 is 21.6 Å². The average molecular weight is 206 g/mol. The maximum Gasteiger partial charge on any atom is 0.160 e. The van der Waals surface area contributed by atoms with E-state index in [0.29, 0.717) is 4.60 Å². The molecule has 54 valence electrons. The van der Waals surface area contributed by atoms with Gasteiger partial charge in [-0.25, -0.2) is 4.98 Å². The predicted molar refractivity (Wildman–Crippen MR) is 42.9 cm³/mol. The van der Waals surface area contributed by atoms with Gasteiger partial charge in [0.1, 0.15) is 4.60 Å². The van der Waals surface area contributed by atoms with Crippen LogP contribution in [0.25, 0.3) is 0 Å². The van der Waals surface area contributed by atoms with Gasteiger partial charge in [0.15, 0.2) is 5.75 Å².